The second-order valence-electron chi connectivity index (χ2n) is 3.90. The third kappa shape index (κ3) is 2.89. The lowest BCUT2D eigenvalue weighted by Gasteiger charge is -2.30. The molecule has 0 aliphatic rings. The van der Waals surface area contributed by atoms with Crippen molar-refractivity contribution in [2.24, 2.45) is 0 Å². The Bertz CT molecular complexity index is 315. The zero-order valence-electron chi connectivity index (χ0n) is 10.7. The molecule has 1 N–H and O–H groups in total. The van der Waals surface area contributed by atoms with Gasteiger partial charge in [-0.25, -0.2) is 0 Å². The van der Waals surface area contributed by atoms with Gasteiger partial charge in [-0.2, -0.15) is 0 Å². The number of rotatable bonds is 6. The summed E-state index contributed by atoms with van der Waals surface area (Å²) >= 11 is 0. The van der Waals surface area contributed by atoms with Gasteiger partial charge in [-0.15, -0.1) is 0 Å². The molecule has 16 heavy (non-hydrogen) atoms. The summed E-state index contributed by atoms with van der Waals surface area (Å²) in [6.45, 7) is 3.18. The summed E-state index contributed by atoms with van der Waals surface area (Å²) in [5.74, 6) is 0.930. The lowest BCUT2D eigenvalue weighted by Crippen LogP contribution is -2.38. The molecule has 0 heterocycles. The molecule has 1 aromatic carbocycles. The average molecular weight is 222 g/mol. The van der Waals surface area contributed by atoms with Crippen molar-refractivity contribution < 1.29 is 4.74 Å². The van der Waals surface area contributed by atoms with Gasteiger partial charge in [0.15, 0.2) is 0 Å². The molecule has 3 nitrogen and oxygen atoms in total. The Kier molecular flexibility index (Phi) is 5.12. The van der Waals surface area contributed by atoms with Crippen LogP contribution in [0.4, 0.5) is 5.69 Å². The van der Waals surface area contributed by atoms with E-state index in [1.807, 2.05) is 25.2 Å². The highest BCUT2D eigenvalue weighted by molar-refractivity contribution is 5.58. The van der Waals surface area contributed by atoms with Crippen LogP contribution in [0, 0.1) is 0 Å². The molecular formula is C13H22N2O. The van der Waals surface area contributed by atoms with Gasteiger partial charge >= 0.3 is 0 Å². The van der Waals surface area contributed by atoms with Crippen molar-refractivity contribution in [2.75, 3.05) is 32.6 Å². The summed E-state index contributed by atoms with van der Waals surface area (Å²) in [5, 5.41) is 3.22. The first kappa shape index (κ1) is 12.8. The van der Waals surface area contributed by atoms with Crippen LogP contribution in [0.25, 0.3) is 0 Å². The van der Waals surface area contributed by atoms with E-state index in [0.29, 0.717) is 6.04 Å². The first-order chi connectivity index (χ1) is 7.74. The standard InChI is InChI=1S/C13H22N2O/c1-5-11(10-14-2)15(3)12-8-6-7-9-13(12)16-4/h6-9,11,14H,5,10H2,1-4H3. The summed E-state index contributed by atoms with van der Waals surface area (Å²) in [6, 6.07) is 8.62. The van der Waals surface area contributed by atoms with Gasteiger partial charge in [0.05, 0.1) is 12.8 Å². The molecule has 0 fully saturated rings. The highest BCUT2D eigenvalue weighted by Gasteiger charge is 2.15. The third-order valence-electron chi connectivity index (χ3n) is 2.92. The van der Waals surface area contributed by atoms with E-state index in [0.717, 1.165) is 24.4 Å². The van der Waals surface area contributed by atoms with Crippen LogP contribution in [0.1, 0.15) is 13.3 Å². The maximum atomic E-state index is 5.38. The van der Waals surface area contributed by atoms with Gasteiger partial charge in [-0.3, -0.25) is 0 Å². The van der Waals surface area contributed by atoms with E-state index in [1.54, 1.807) is 7.11 Å². The van der Waals surface area contributed by atoms with E-state index >= 15 is 0 Å². The number of hydrogen-bond acceptors (Lipinski definition) is 3. The van der Waals surface area contributed by atoms with E-state index in [2.05, 4.69) is 30.3 Å². The molecule has 1 atom stereocenters. The molecule has 0 spiro atoms. The van der Waals surface area contributed by atoms with Crippen LogP contribution in [-0.4, -0.2) is 33.8 Å². The largest absolute Gasteiger partial charge is 0.495 e. The van der Waals surface area contributed by atoms with E-state index in [-0.39, 0.29) is 0 Å². The van der Waals surface area contributed by atoms with Crippen molar-refractivity contribution in [2.45, 2.75) is 19.4 Å². The average Bonchev–Trinajstić information content (AvgIpc) is 2.35. The van der Waals surface area contributed by atoms with E-state index in [1.165, 1.54) is 0 Å². The molecule has 1 aromatic rings. The lowest BCUT2D eigenvalue weighted by atomic mass is 10.1. The third-order valence-corrected chi connectivity index (χ3v) is 2.92. The first-order valence-corrected chi connectivity index (χ1v) is 5.75. The zero-order chi connectivity index (χ0) is 12.0. The number of ether oxygens (including phenoxy) is 1. The molecule has 0 radical (unpaired) electrons. The van der Waals surface area contributed by atoms with Crippen LogP contribution >= 0.6 is 0 Å². The predicted octanol–water partition coefficient (Wildman–Crippen LogP) is 2.13. The van der Waals surface area contributed by atoms with Crippen LogP contribution in [0.2, 0.25) is 0 Å². The summed E-state index contributed by atoms with van der Waals surface area (Å²) in [4.78, 5) is 2.27. The monoisotopic (exact) mass is 222 g/mol. The molecular weight excluding hydrogens is 200 g/mol. The SMILES string of the molecule is CCC(CNC)N(C)c1ccccc1OC. The fourth-order valence-electron chi connectivity index (χ4n) is 1.91. The van der Waals surface area contributed by atoms with Crippen molar-refractivity contribution in [1.82, 2.24) is 5.32 Å². The second-order valence-corrected chi connectivity index (χ2v) is 3.90. The number of hydrogen-bond donors (Lipinski definition) is 1. The van der Waals surface area contributed by atoms with Gasteiger partial charge in [0.25, 0.3) is 0 Å². The van der Waals surface area contributed by atoms with Gasteiger partial charge in [-0.05, 0) is 25.6 Å². The summed E-state index contributed by atoms with van der Waals surface area (Å²) in [6.07, 6.45) is 1.11. The minimum Gasteiger partial charge on any atom is -0.495 e. The number of nitrogens with one attached hydrogen (secondary N) is 1. The van der Waals surface area contributed by atoms with Gasteiger partial charge in [0, 0.05) is 19.6 Å². The number of anilines is 1. The Hall–Kier alpha value is -1.22. The molecule has 3 heteroatoms. The van der Waals surface area contributed by atoms with Crippen LogP contribution in [0.5, 0.6) is 5.75 Å². The molecule has 1 unspecified atom stereocenters. The Morgan fingerprint density at radius 2 is 2.06 bits per heavy atom. The van der Waals surface area contributed by atoms with Crippen LogP contribution < -0.4 is 15.0 Å². The van der Waals surface area contributed by atoms with Gasteiger partial charge in [0.1, 0.15) is 5.75 Å². The molecule has 0 saturated carbocycles. The van der Waals surface area contributed by atoms with E-state index < -0.39 is 0 Å². The second kappa shape index (κ2) is 6.38. The fourth-order valence-corrected chi connectivity index (χ4v) is 1.91. The molecule has 0 aromatic heterocycles. The minimum atomic E-state index is 0.487. The number of methoxy groups -OCH3 is 1. The maximum Gasteiger partial charge on any atom is 0.142 e. The van der Waals surface area contributed by atoms with Crippen molar-refractivity contribution in [3.05, 3.63) is 24.3 Å². The van der Waals surface area contributed by atoms with E-state index in [9.17, 15) is 0 Å². The number of benzene rings is 1. The highest BCUT2D eigenvalue weighted by atomic mass is 16.5. The molecule has 0 saturated heterocycles. The fraction of sp³-hybridized carbons (Fsp3) is 0.538. The van der Waals surface area contributed by atoms with Crippen LogP contribution in [0.15, 0.2) is 24.3 Å². The van der Waals surface area contributed by atoms with Gasteiger partial charge in [-0.1, -0.05) is 19.1 Å². The Labute approximate surface area is 98.4 Å². The van der Waals surface area contributed by atoms with Crippen LogP contribution in [0.3, 0.4) is 0 Å². The molecule has 0 bridgehead atoms. The lowest BCUT2D eigenvalue weighted by molar-refractivity contribution is 0.412. The molecule has 1 rings (SSSR count). The molecule has 0 aliphatic carbocycles. The van der Waals surface area contributed by atoms with Crippen LogP contribution in [-0.2, 0) is 0 Å². The summed E-state index contributed by atoms with van der Waals surface area (Å²) < 4.78 is 5.38. The number of likely N-dealkylation sites (N-methyl/N-ethyl adjacent to an activating group) is 2. The first-order valence-electron chi connectivity index (χ1n) is 5.75. The topological polar surface area (TPSA) is 24.5 Å². The Morgan fingerprint density at radius 3 is 2.62 bits per heavy atom. The summed E-state index contributed by atoms with van der Waals surface area (Å²) in [7, 11) is 5.81. The summed E-state index contributed by atoms with van der Waals surface area (Å²) in [5.41, 5.74) is 1.15. The molecule has 0 amide bonds. The zero-order valence-corrected chi connectivity index (χ0v) is 10.7. The van der Waals surface area contributed by atoms with Crippen molar-refractivity contribution in [3.63, 3.8) is 0 Å². The Balaban J connectivity index is 2.88. The molecule has 90 valence electrons. The maximum absolute atomic E-state index is 5.38. The van der Waals surface area contributed by atoms with E-state index in [4.69, 9.17) is 4.74 Å². The van der Waals surface area contributed by atoms with Gasteiger partial charge < -0.3 is 15.0 Å². The predicted molar refractivity (Wildman–Crippen MR) is 69.4 cm³/mol. The quantitative estimate of drug-likeness (QED) is 0.798. The number of nitrogens with zero attached hydrogens (tertiary/aromatic N) is 1. The van der Waals surface area contributed by atoms with Crippen molar-refractivity contribution in [1.29, 1.82) is 0 Å². The number of para-hydroxylation sites is 2. The normalized spacial score (nSPS) is 12.2. The molecule has 0 aliphatic heterocycles. The van der Waals surface area contributed by atoms with Crippen molar-refractivity contribution in [3.8, 4) is 5.75 Å². The minimum absolute atomic E-state index is 0.487. The Morgan fingerprint density at radius 1 is 1.38 bits per heavy atom. The van der Waals surface area contributed by atoms with Gasteiger partial charge in [0.2, 0.25) is 0 Å². The smallest absolute Gasteiger partial charge is 0.142 e. The van der Waals surface area contributed by atoms with Crippen molar-refractivity contribution >= 4 is 5.69 Å². The highest BCUT2D eigenvalue weighted by Crippen LogP contribution is 2.28.